The minimum Gasteiger partial charge on any atom is -0.459 e. The number of allylic oxidation sites excluding steroid dienone is 2. The van der Waals surface area contributed by atoms with Gasteiger partial charge in [0.25, 0.3) is 0 Å². The van der Waals surface area contributed by atoms with Crippen LogP contribution < -0.4 is 0 Å². The number of carbonyl (C=O) groups excluding carboxylic acids is 1. The van der Waals surface area contributed by atoms with E-state index in [1.807, 2.05) is 6.92 Å². The zero-order chi connectivity index (χ0) is 9.26. The van der Waals surface area contributed by atoms with Gasteiger partial charge in [-0.05, 0) is 25.7 Å². The van der Waals surface area contributed by atoms with Crippen LogP contribution in [0.3, 0.4) is 0 Å². The molecule has 2 aliphatic carbocycles. The van der Waals surface area contributed by atoms with Crippen molar-refractivity contribution in [2.75, 3.05) is 0 Å². The third kappa shape index (κ3) is 1.67. The lowest BCUT2D eigenvalue weighted by Crippen LogP contribution is -2.20. The first kappa shape index (κ1) is 8.54. The highest BCUT2D eigenvalue weighted by Crippen LogP contribution is 2.40. The molecule has 0 heterocycles. The second-order valence-electron chi connectivity index (χ2n) is 3.76. The van der Waals surface area contributed by atoms with Gasteiger partial charge in [0.2, 0.25) is 0 Å². The van der Waals surface area contributed by atoms with Crippen LogP contribution >= 0.6 is 0 Å². The van der Waals surface area contributed by atoms with E-state index in [1.165, 1.54) is 12.5 Å². The molecule has 2 rings (SSSR count). The molecule has 0 N–H and O–H groups in total. The molecule has 2 aliphatic rings. The number of rotatable bonds is 2. The number of esters is 1. The molecule has 0 aliphatic heterocycles. The van der Waals surface area contributed by atoms with Gasteiger partial charge in [-0.1, -0.05) is 18.2 Å². The number of hydrogen-bond donors (Lipinski definition) is 0. The van der Waals surface area contributed by atoms with Crippen LogP contribution in [-0.2, 0) is 9.53 Å². The van der Waals surface area contributed by atoms with Crippen LogP contribution in [0.25, 0.3) is 0 Å². The zero-order valence-corrected chi connectivity index (χ0v) is 7.77. The van der Waals surface area contributed by atoms with Crippen LogP contribution in [0, 0.1) is 11.8 Å². The van der Waals surface area contributed by atoms with E-state index in [9.17, 15) is 4.79 Å². The fourth-order valence-corrected chi connectivity index (χ4v) is 2.19. The van der Waals surface area contributed by atoms with Gasteiger partial charge in [0.15, 0.2) is 0 Å². The predicted molar refractivity (Wildman–Crippen MR) is 50.0 cm³/mol. The standard InChI is InChI=1S/C11H14O2/c1-2-3-11(12)13-10-7-8-4-5-9(10)6-8/h2-5,8-10H,6-7H2,1H3/b3-2+. The Balaban J connectivity index is 1.90. The molecule has 70 valence electrons. The Labute approximate surface area is 78.3 Å². The highest BCUT2D eigenvalue weighted by molar-refractivity contribution is 5.82. The van der Waals surface area contributed by atoms with Crippen LogP contribution in [0.5, 0.6) is 0 Å². The molecule has 1 saturated carbocycles. The van der Waals surface area contributed by atoms with Gasteiger partial charge >= 0.3 is 5.97 Å². The largest absolute Gasteiger partial charge is 0.459 e. The molecule has 0 radical (unpaired) electrons. The molecule has 0 aromatic carbocycles. The van der Waals surface area contributed by atoms with Crippen LogP contribution in [0.15, 0.2) is 24.3 Å². The van der Waals surface area contributed by atoms with Crippen LogP contribution in [0.4, 0.5) is 0 Å². The molecule has 2 bridgehead atoms. The Kier molecular flexibility index (Phi) is 2.21. The van der Waals surface area contributed by atoms with Crippen molar-refractivity contribution in [1.82, 2.24) is 0 Å². The summed E-state index contributed by atoms with van der Waals surface area (Å²) in [5, 5.41) is 0. The Bertz CT molecular complexity index is 265. The van der Waals surface area contributed by atoms with E-state index in [1.54, 1.807) is 6.08 Å². The number of ether oxygens (including phenoxy) is 1. The lowest BCUT2D eigenvalue weighted by atomic mass is 10.0. The zero-order valence-electron chi connectivity index (χ0n) is 7.77. The Hall–Kier alpha value is -1.05. The van der Waals surface area contributed by atoms with Crippen molar-refractivity contribution in [3.63, 3.8) is 0 Å². The van der Waals surface area contributed by atoms with Crippen LogP contribution in [0.2, 0.25) is 0 Å². The van der Waals surface area contributed by atoms with Crippen LogP contribution in [-0.4, -0.2) is 12.1 Å². The first-order valence-corrected chi connectivity index (χ1v) is 4.81. The molecule has 3 unspecified atom stereocenters. The van der Waals surface area contributed by atoms with Gasteiger partial charge in [0.1, 0.15) is 6.10 Å². The summed E-state index contributed by atoms with van der Waals surface area (Å²) in [6, 6.07) is 0. The molecule has 0 spiro atoms. The summed E-state index contributed by atoms with van der Waals surface area (Å²) in [5.41, 5.74) is 0. The maximum Gasteiger partial charge on any atom is 0.330 e. The minimum absolute atomic E-state index is 0.138. The molecular weight excluding hydrogens is 164 g/mol. The Morgan fingerprint density at radius 1 is 1.46 bits per heavy atom. The highest BCUT2D eigenvalue weighted by atomic mass is 16.5. The van der Waals surface area contributed by atoms with Gasteiger partial charge in [0, 0.05) is 12.0 Å². The molecule has 3 atom stereocenters. The maximum absolute atomic E-state index is 11.1. The summed E-state index contributed by atoms with van der Waals surface area (Å²) >= 11 is 0. The summed E-state index contributed by atoms with van der Waals surface area (Å²) < 4.78 is 5.31. The van der Waals surface area contributed by atoms with E-state index in [4.69, 9.17) is 4.74 Å². The first-order valence-electron chi connectivity index (χ1n) is 4.81. The monoisotopic (exact) mass is 178 g/mol. The van der Waals surface area contributed by atoms with Gasteiger partial charge in [-0.3, -0.25) is 0 Å². The van der Waals surface area contributed by atoms with Crippen LogP contribution in [0.1, 0.15) is 19.8 Å². The fraction of sp³-hybridized carbons (Fsp3) is 0.545. The lowest BCUT2D eigenvalue weighted by molar-refractivity contribution is -0.144. The van der Waals surface area contributed by atoms with Crippen molar-refractivity contribution in [1.29, 1.82) is 0 Å². The number of carbonyl (C=O) groups is 1. The Morgan fingerprint density at radius 3 is 2.85 bits per heavy atom. The van der Waals surface area contributed by atoms with Crippen molar-refractivity contribution in [3.05, 3.63) is 24.3 Å². The van der Waals surface area contributed by atoms with E-state index >= 15 is 0 Å². The molecule has 0 aromatic heterocycles. The summed E-state index contributed by atoms with van der Waals surface area (Å²) in [5.74, 6) is 0.945. The second-order valence-corrected chi connectivity index (χ2v) is 3.76. The normalized spacial score (nSPS) is 35.9. The maximum atomic E-state index is 11.1. The quantitative estimate of drug-likeness (QED) is 0.367. The van der Waals surface area contributed by atoms with Crippen molar-refractivity contribution in [3.8, 4) is 0 Å². The van der Waals surface area contributed by atoms with E-state index in [-0.39, 0.29) is 12.1 Å². The minimum atomic E-state index is -0.201. The molecular formula is C11H14O2. The molecule has 13 heavy (non-hydrogen) atoms. The fourth-order valence-electron chi connectivity index (χ4n) is 2.19. The third-order valence-electron chi connectivity index (χ3n) is 2.79. The molecule has 1 fully saturated rings. The van der Waals surface area contributed by atoms with Crippen molar-refractivity contribution < 1.29 is 9.53 Å². The van der Waals surface area contributed by atoms with Gasteiger partial charge < -0.3 is 4.74 Å². The molecule has 2 nitrogen and oxygen atoms in total. The highest BCUT2D eigenvalue weighted by Gasteiger charge is 2.37. The summed E-state index contributed by atoms with van der Waals surface area (Å²) in [6.07, 6.45) is 9.95. The van der Waals surface area contributed by atoms with Crippen molar-refractivity contribution in [2.24, 2.45) is 11.8 Å². The third-order valence-corrected chi connectivity index (χ3v) is 2.79. The molecule has 0 saturated heterocycles. The van der Waals surface area contributed by atoms with E-state index in [0.29, 0.717) is 11.8 Å². The second kappa shape index (κ2) is 3.36. The van der Waals surface area contributed by atoms with Gasteiger partial charge in [0.05, 0.1) is 0 Å². The summed E-state index contributed by atoms with van der Waals surface area (Å²) in [7, 11) is 0. The summed E-state index contributed by atoms with van der Waals surface area (Å²) in [6.45, 7) is 1.82. The topological polar surface area (TPSA) is 26.3 Å². The van der Waals surface area contributed by atoms with Gasteiger partial charge in [-0.2, -0.15) is 0 Å². The van der Waals surface area contributed by atoms with E-state index in [0.717, 1.165) is 6.42 Å². The van der Waals surface area contributed by atoms with Gasteiger partial charge in [-0.15, -0.1) is 0 Å². The average molecular weight is 178 g/mol. The lowest BCUT2D eigenvalue weighted by Gasteiger charge is -2.17. The van der Waals surface area contributed by atoms with E-state index in [2.05, 4.69) is 12.2 Å². The Morgan fingerprint density at radius 2 is 2.31 bits per heavy atom. The predicted octanol–water partition coefficient (Wildman–Crippen LogP) is 2.07. The average Bonchev–Trinajstić information content (AvgIpc) is 2.65. The van der Waals surface area contributed by atoms with Crippen molar-refractivity contribution >= 4 is 5.97 Å². The van der Waals surface area contributed by atoms with E-state index < -0.39 is 0 Å². The number of fused-ring (bicyclic) bond motifs is 2. The number of hydrogen-bond acceptors (Lipinski definition) is 2. The first-order chi connectivity index (χ1) is 6.29. The smallest absolute Gasteiger partial charge is 0.330 e. The summed E-state index contributed by atoms with van der Waals surface area (Å²) in [4.78, 5) is 11.1. The molecule has 0 aromatic rings. The SMILES string of the molecule is C/C=C/C(=O)OC1CC2C=CC1C2. The molecule has 0 amide bonds. The molecule has 2 heteroatoms. The van der Waals surface area contributed by atoms with Crippen molar-refractivity contribution in [2.45, 2.75) is 25.9 Å². The van der Waals surface area contributed by atoms with Gasteiger partial charge in [-0.25, -0.2) is 4.79 Å².